The molecule has 0 aromatic heterocycles. The summed E-state index contributed by atoms with van der Waals surface area (Å²) in [6, 6.07) is 9.71. The van der Waals surface area contributed by atoms with Crippen LogP contribution in [-0.2, 0) is 0 Å². The van der Waals surface area contributed by atoms with E-state index in [9.17, 15) is 9.18 Å². The molecule has 1 aliphatic heterocycles. The lowest BCUT2D eigenvalue weighted by Crippen LogP contribution is -2.42. The van der Waals surface area contributed by atoms with Crippen molar-refractivity contribution >= 4 is 29.2 Å². The first kappa shape index (κ1) is 20.4. The Labute approximate surface area is 170 Å². The normalized spacial score (nSPS) is 15.0. The number of fused-ring (bicyclic) bond motifs is 1. The monoisotopic (exact) mass is 396 g/mol. The summed E-state index contributed by atoms with van der Waals surface area (Å²) in [6.07, 6.45) is 3.44. The zero-order valence-corrected chi connectivity index (χ0v) is 17.2. The summed E-state index contributed by atoms with van der Waals surface area (Å²) in [4.78, 5) is 14.1. The molecule has 0 spiro atoms. The minimum Gasteiger partial charge on any atom is -0.495 e. The molecule has 2 amide bonds. The number of allylic oxidation sites excluding steroid dienone is 1. The van der Waals surface area contributed by atoms with Gasteiger partial charge in [0.1, 0.15) is 11.6 Å². The fourth-order valence-electron chi connectivity index (χ4n) is 3.35. The number of nitrogens with zero attached hydrogens (tertiary/aromatic N) is 2. The van der Waals surface area contributed by atoms with Crippen molar-refractivity contribution in [2.24, 2.45) is 5.10 Å². The Morgan fingerprint density at radius 2 is 2.00 bits per heavy atom. The molecule has 152 valence electrons. The van der Waals surface area contributed by atoms with E-state index in [-0.39, 0.29) is 5.54 Å². The van der Waals surface area contributed by atoms with E-state index in [1.165, 1.54) is 19.4 Å². The molecule has 0 saturated carbocycles. The minimum absolute atomic E-state index is 0.197. The third kappa shape index (κ3) is 4.23. The summed E-state index contributed by atoms with van der Waals surface area (Å²) < 4.78 is 19.8. The van der Waals surface area contributed by atoms with E-state index >= 15 is 0 Å². The first-order chi connectivity index (χ1) is 13.7. The van der Waals surface area contributed by atoms with Gasteiger partial charge in [-0.25, -0.2) is 14.6 Å². The minimum atomic E-state index is -0.554. The summed E-state index contributed by atoms with van der Waals surface area (Å²) in [5, 5.41) is 6.51. The maximum atomic E-state index is 14.6. The number of hydrazone groups is 1. The maximum Gasteiger partial charge on any atom is 0.339 e. The molecule has 0 saturated heterocycles. The van der Waals surface area contributed by atoms with Crippen LogP contribution in [0.25, 0.3) is 5.57 Å². The number of para-hydroxylation sites is 2. The van der Waals surface area contributed by atoms with Gasteiger partial charge in [-0.15, -0.1) is 0 Å². The Morgan fingerprint density at radius 3 is 2.72 bits per heavy atom. The van der Waals surface area contributed by atoms with Crippen molar-refractivity contribution in [2.75, 3.05) is 24.4 Å². The Balaban J connectivity index is 1.75. The predicted octanol–water partition coefficient (Wildman–Crippen LogP) is 4.62. The van der Waals surface area contributed by atoms with Crippen molar-refractivity contribution in [3.8, 4) is 5.75 Å². The first-order valence-corrected chi connectivity index (χ1v) is 9.23. The third-order valence-electron chi connectivity index (χ3n) is 5.06. The molecule has 0 radical (unpaired) electrons. The summed E-state index contributed by atoms with van der Waals surface area (Å²) >= 11 is 0. The second kappa shape index (κ2) is 7.95. The van der Waals surface area contributed by atoms with Crippen LogP contribution in [0, 0.1) is 5.82 Å². The van der Waals surface area contributed by atoms with Crippen LogP contribution < -0.4 is 20.4 Å². The van der Waals surface area contributed by atoms with E-state index in [2.05, 4.69) is 35.8 Å². The summed E-state index contributed by atoms with van der Waals surface area (Å²) in [5.41, 5.74) is 5.78. The van der Waals surface area contributed by atoms with E-state index in [0.717, 1.165) is 16.8 Å². The highest BCUT2D eigenvalue weighted by atomic mass is 19.1. The van der Waals surface area contributed by atoms with Crippen LogP contribution in [0.15, 0.2) is 47.6 Å². The number of carbonyl (C=O) groups excluding carboxylic acids is 1. The van der Waals surface area contributed by atoms with Crippen molar-refractivity contribution in [3.05, 3.63) is 59.4 Å². The summed E-state index contributed by atoms with van der Waals surface area (Å²) in [6.45, 7) is 6.17. The largest absolute Gasteiger partial charge is 0.495 e. The highest BCUT2D eigenvalue weighted by molar-refractivity contribution is 5.92. The topological polar surface area (TPSA) is 66.0 Å². The first-order valence-electron chi connectivity index (χ1n) is 9.23. The number of urea groups is 1. The molecule has 7 heteroatoms. The molecule has 0 aliphatic carbocycles. The number of methoxy groups -OCH3 is 1. The van der Waals surface area contributed by atoms with Crippen LogP contribution >= 0.6 is 0 Å². The molecule has 1 aliphatic rings. The molecule has 0 unspecified atom stereocenters. The lowest BCUT2D eigenvalue weighted by atomic mass is 9.88. The number of rotatable bonds is 4. The second-order valence-electron chi connectivity index (χ2n) is 7.46. The summed E-state index contributed by atoms with van der Waals surface area (Å²) in [5.74, 6) is 0.124. The Hall–Kier alpha value is -3.35. The molecule has 2 aromatic rings. The average Bonchev–Trinajstić information content (AvgIpc) is 2.67. The Morgan fingerprint density at radius 1 is 1.28 bits per heavy atom. The standard InChI is InChI=1S/C22H25FN4O2/c1-14-12-22(2,3)27(4)19-11-17(23)15(10-16(14)19)13-24-26-21(28)25-18-8-6-7-9-20(18)29-5/h6-13H,1-5H3,(H2,25,26,28)/b24-13+. The number of halogens is 1. The van der Waals surface area contributed by atoms with Gasteiger partial charge in [-0.05, 0) is 50.6 Å². The van der Waals surface area contributed by atoms with Crippen molar-refractivity contribution in [2.45, 2.75) is 26.3 Å². The Kier molecular flexibility index (Phi) is 5.59. The number of benzene rings is 2. The molecule has 0 fully saturated rings. The van der Waals surface area contributed by atoms with Crippen LogP contribution in [0.3, 0.4) is 0 Å². The molecule has 0 bridgehead atoms. The number of carbonyl (C=O) groups is 1. The SMILES string of the molecule is COc1ccccc1NC(=O)N/N=C/c1cc2c(cc1F)N(C)C(C)(C)C=C2C. The predicted molar refractivity (Wildman–Crippen MR) is 115 cm³/mol. The zero-order chi connectivity index (χ0) is 21.2. The quantitative estimate of drug-likeness (QED) is 0.585. The average molecular weight is 396 g/mol. The van der Waals surface area contributed by atoms with Crippen molar-refractivity contribution < 1.29 is 13.9 Å². The molecule has 1 heterocycles. The molecule has 6 nitrogen and oxygen atoms in total. The number of amides is 2. The van der Waals surface area contributed by atoms with Gasteiger partial charge in [0.25, 0.3) is 0 Å². The van der Waals surface area contributed by atoms with Crippen LogP contribution in [0.1, 0.15) is 31.9 Å². The van der Waals surface area contributed by atoms with E-state index in [1.807, 2.05) is 18.9 Å². The highest BCUT2D eigenvalue weighted by Crippen LogP contribution is 2.38. The number of hydrogen-bond donors (Lipinski definition) is 2. The second-order valence-corrected chi connectivity index (χ2v) is 7.46. The van der Waals surface area contributed by atoms with Crippen molar-refractivity contribution in [1.29, 1.82) is 0 Å². The van der Waals surface area contributed by atoms with Crippen molar-refractivity contribution in [3.63, 3.8) is 0 Å². The van der Waals surface area contributed by atoms with Crippen LogP contribution in [0.4, 0.5) is 20.6 Å². The van der Waals surface area contributed by atoms with Crippen LogP contribution in [0.2, 0.25) is 0 Å². The van der Waals surface area contributed by atoms with E-state index in [0.29, 0.717) is 17.0 Å². The van der Waals surface area contributed by atoms with Gasteiger partial charge < -0.3 is 15.0 Å². The number of likely N-dealkylation sites (N-methyl/N-ethyl adjacent to an activating group) is 1. The highest BCUT2D eigenvalue weighted by Gasteiger charge is 2.29. The number of ether oxygens (including phenoxy) is 1. The van der Waals surface area contributed by atoms with Gasteiger partial charge in [0, 0.05) is 23.9 Å². The number of anilines is 2. The van der Waals surface area contributed by atoms with Gasteiger partial charge in [-0.2, -0.15) is 5.10 Å². The molecule has 0 atom stereocenters. The number of hydrogen-bond acceptors (Lipinski definition) is 4. The van der Waals surface area contributed by atoms with Gasteiger partial charge in [-0.3, -0.25) is 0 Å². The molecular formula is C22H25FN4O2. The van der Waals surface area contributed by atoms with Gasteiger partial charge >= 0.3 is 6.03 Å². The van der Waals surface area contributed by atoms with Crippen LogP contribution in [-0.4, -0.2) is 31.9 Å². The van der Waals surface area contributed by atoms with Crippen LogP contribution in [0.5, 0.6) is 5.75 Å². The van der Waals surface area contributed by atoms with Gasteiger partial charge in [0.05, 0.1) is 24.6 Å². The van der Waals surface area contributed by atoms with Crippen molar-refractivity contribution in [1.82, 2.24) is 5.43 Å². The van der Waals surface area contributed by atoms with E-state index in [4.69, 9.17) is 4.74 Å². The van der Waals surface area contributed by atoms with Gasteiger partial charge in [-0.1, -0.05) is 18.2 Å². The molecular weight excluding hydrogens is 371 g/mol. The molecule has 2 aromatic carbocycles. The maximum absolute atomic E-state index is 14.6. The smallest absolute Gasteiger partial charge is 0.339 e. The fourth-order valence-corrected chi connectivity index (χ4v) is 3.35. The zero-order valence-electron chi connectivity index (χ0n) is 17.2. The van der Waals surface area contributed by atoms with Gasteiger partial charge in [0.15, 0.2) is 0 Å². The van der Waals surface area contributed by atoms with E-state index in [1.54, 1.807) is 30.3 Å². The Bertz CT molecular complexity index is 998. The summed E-state index contributed by atoms with van der Waals surface area (Å²) in [7, 11) is 3.46. The van der Waals surface area contributed by atoms with Gasteiger partial charge in [0.2, 0.25) is 0 Å². The molecule has 3 rings (SSSR count). The lowest BCUT2D eigenvalue weighted by Gasteiger charge is -2.40. The molecule has 2 N–H and O–H groups in total. The molecule has 29 heavy (non-hydrogen) atoms. The number of nitrogens with one attached hydrogen (secondary N) is 2. The van der Waals surface area contributed by atoms with E-state index < -0.39 is 11.8 Å². The lowest BCUT2D eigenvalue weighted by molar-refractivity contribution is 0.252. The third-order valence-corrected chi connectivity index (χ3v) is 5.06. The fraction of sp³-hybridized carbons (Fsp3) is 0.273.